The van der Waals surface area contributed by atoms with Gasteiger partial charge in [0.05, 0.1) is 15.2 Å². The molecule has 0 saturated heterocycles. The van der Waals surface area contributed by atoms with Crippen molar-refractivity contribution in [1.29, 1.82) is 0 Å². The first-order valence-corrected chi connectivity index (χ1v) is 7.25. The fraction of sp³-hybridized carbons (Fsp3) is 0.214. The maximum absolute atomic E-state index is 11.1. The monoisotopic (exact) mass is 286 g/mol. The summed E-state index contributed by atoms with van der Waals surface area (Å²) in [4.78, 5) is 20.2. The second kappa shape index (κ2) is 5.05. The molecule has 0 aliphatic carbocycles. The average Bonchev–Trinajstić information content (AvgIpc) is 2.83. The summed E-state index contributed by atoms with van der Waals surface area (Å²) in [5.74, 6) is 0.435. The number of benzene rings is 1. The lowest BCUT2D eigenvalue weighted by atomic mass is 10.2. The summed E-state index contributed by atoms with van der Waals surface area (Å²) in [7, 11) is 0. The van der Waals surface area contributed by atoms with Crippen LogP contribution in [0.5, 0.6) is 0 Å². The van der Waals surface area contributed by atoms with Crippen molar-refractivity contribution in [3.05, 3.63) is 29.3 Å². The fourth-order valence-corrected chi connectivity index (χ4v) is 3.37. The van der Waals surface area contributed by atoms with Crippen molar-refractivity contribution in [2.45, 2.75) is 19.8 Å². The van der Waals surface area contributed by atoms with E-state index in [1.165, 1.54) is 0 Å². The molecule has 0 radical (unpaired) electrons. The van der Waals surface area contributed by atoms with E-state index in [0.717, 1.165) is 39.0 Å². The van der Waals surface area contributed by atoms with Gasteiger partial charge in [-0.05, 0) is 18.9 Å². The van der Waals surface area contributed by atoms with Crippen LogP contribution in [0, 0.1) is 0 Å². The minimum atomic E-state index is -0.626. The van der Waals surface area contributed by atoms with Gasteiger partial charge in [0.15, 0.2) is 5.82 Å². The number of nitrogens with two attached hydrogens (primary N) is 1. The highest BCUT2D eigenvalue weighted by molar-refractivity contribution is 7.19. The Morgan fingerprint density at radius 1 is 1.35 bits per heavy atom. The van der Waals surface area contributed by atoms with Crippen molar-refractivity contribution in [2.24, 2.45) is 5.73 Å². The Hall–Kier alpha value is -2.21. The van der Waals surface area contributed by atoms with Gasteiger partial charge in [-0.1, -0.05) is 25.1 Å². The molecule has 0 spiro atoms. The number of urea groups is 1. The molecule has 5 nitrogen and oxygen atoms in total. The summed E-state index contributed by atoms with van der Waals surface area (Å²) in [5.41, 5.74) is 6.76. The molecule has 0 fully saturated rings. The fourth-order valence-electron chi connectivity index (χ4n) is 2.17. The number of carbonyl (C=O) groups excluding carboxylic acids is 1. The predicted octanol–water partition coefficient (Wildman–Crippen LogP) is 3.29. The zero-order valence-electron chi connectivity index (χ0n) is 11.0. The van der Waals surface area contributed by atoms with Crippen molar-refractivity contribution in [3.63, 3.8) is 0 Å². The van der Waals surface area contributed by atoms with Gasteiger partial charge >= 0.3 is 6.03 Å². The quantitative estimate of drug-likeness (QED) is 0.775. The molecule has 0 aliphatic rings. The van der Waals surface area contributed by atoms with Crippen LogP contribution in [0.25, 0.3) is 21.1 Å². The number of nitrogens with zero attached hydrogens (tertiary/aromatic N) is 2. The lowest BCUT2D eigenvalue weighted by Gasteiger charge is -2.04. The Balaban J connectivity index is 2.31. The smallest absolute Gasteiger partial charge is 0.317 e. The first kappa shape index (κ1) is 12.8. The minimum Gasteiger partial charge on any atom is -0.351 e. The van der Waals surface area contributed by atoms with Gasteiger partial charge in [-0.2, -0.15) is 0 Å². The SMILES string of the molecule is CCCc1nc2c(NC(N)=O)nc3ccccc3c2s1. The number of para-hydroxylation sites is 1. The Labute approximate surface area is 119 Å². The Morgan fingerprint density at radius 3 is 2.90 bits per heavy atom. The second-order valence-corrected chi connectivity index (χ2v) is 5.59. The standard InChI is InChI=1S/C14H14N4OS/c1-2-5-10-17-11-12(20-10)8-6-3-4-7-9(8)16-13(11)18-14(15)19/h3-4,6-7H,2,5H2,1H3,(H3,15,16,18,19). The number of carbonyl (C=O) groups is 1. The van der Waals surface area contributed by atoms with Crippen molar-refractivity contribution < 1.29 is 4.79 Å². The van der Waals surface area contributed by atoms with E-state index in [1.807, 2.05) is 24.3 Å². The topological polar surface area (TPSA) is 80.9 Å². The highest BCUT2D eigenvalue weighted by Gasteiger charge is 2.14. The van der Waals surface area contributed by atoms with Crippen molar-refractivity contribution >= 4 is 44.3 Å². The van der Waals surface area contributed by atoms with Crippen molar-refractivity contribution in [3.8, 4) is 0 Å². The van der Waals surface area contributed by atoms with Crippen LogP contribution < -0.4 is 11.1 Å². The molecule has 102 valence electrons. The Morgan fingerprint density at radius 2 is 2.15 bits per heavy atom. The van der Waals surface area contributed by atoms with E-state index in [2.05, 4.69) is 22.2 Å². The molecule has 2 heterocycles. The van der Waals surface area contributed by atoms with Crippen molar-refractivity contribution in [2.75, 3.05) is 5.32 Å². The van der Waals surface area contributed by atoms with Gasteiger partial charge in [-0.3, -0.25) is 5.32 Å². The highest BCUT2D eigenvalue weighted by atomic mass is 32.1. The summed E-state index contributed by atoms with van der Waals surface area (Å²) >= 11 is 1.65. The number of fused-ring (bicyclic) bond motifs is 3. The second-order valence-electron chi connectivity index (χ2n) is 4.50. The van der Waals surface area contributed by atoms with Gasteiger partial charge in [-0.25, -0.2) is 14.8 Å². The van der Waals surface area contributed by atoms with E-state index in [4.69, 9.17) is 5.73 Å². The van der Waals surface area contributed by atoms with Gasteiger partial charge < -0.3 is 5.73 Å². The Kier molecular flexibility index (Phi) is 3.23. The molecule has 3 aromatic rings. The summed E-state index contributed by atoms with van der Waals surface area (Å²) in [6.45, 7) is 2.12. The van der Waals surface area contributed by atoms with Gasteiger partial charge in [0.1, 0.15) is 5.52 Å². The van der Waals surface area contributed by atoms with E-state index in [-0.39, 0.29) is 0 Å². The van der Waals surface area contributed by atoms with Crippen LogP contribution in [-0.2, 0) is 6.42 Å². The molecule has 3 rings (SSSR count). The van der Waals surface area contributed by atoms with Crippen LogP contribution >= 0.6 is 11.3 Å². The zero-order valence-corrected chi connectivity index (χ0v) is 11.8. The van der Waals surface area contributed by atoms with Crippen LogP contribution in [0.15, 0.2) is 24.3 Å². The van der Waals surface area contributed by atoms with Crippen LogP contribution in [0.2, 0.25) is 0 Å². The lowest BCUT2D eigenvalue weighted by Crippen LogP contribution is -2.20. The van der Waals surface area contributed by atoms with Crippen LogP contribution in [-0.4, -0.2) is 16.0 Å². The number of aryl methyl sites for hydroxylation is 1. The molecule has 20 heavy (non-hydrogen) atoms. The normalized spacial score (nSPS) is 11.1. The molecular weight excluding hydrogens is 272 g/mol. The largest absolute Gasteiger partial charge is 0.351 e. The van der Waals surface area contributed by atoms with E-state index in [1.54, 1.807) is 11.3 Å². The number of anilines is 1. The van der Waals surface area contributed by atoms with E-state index in [9.17, 15) is 4.79 Å². The van der Waals surface area contributed by atoms with E-state index >= 15 is 0 Å². The first-order chi connectivity index (χ1) is 9.69. The number of amides is 2. The number of thiazole rings is 1. The third kappa shape index (κ3) is 2.18. The summed E-state index contributed by atoms with van der Waals surface area (Å²) < 4.78 is 1.04. The molecule has 3 N–H and O–H groups in total. The third-order valence-corrected chi connectivity index (χ3v) is 4.13. The number of hydrogen-bond acceptors (Lipinski definition) is 4. The zero-order chi connectivity index (χ0) is 14.1. The Bertz CT molecular complexity index is 796. The third-order valence-electron chi connectivity index (χ3n) is 2.98. The number of rotatable bonds is 3. The molecule has 2 aromatic heterocycles. The molecular formula is C14H14N4OS. The van der Waals surface area contributed by atoms with Crippen molar-refractivity contribution in [1.82, 2.24) is 9.97 Å². The molecule has 0 atom stereocenters. The number of primary amides is 1. The van der Waals surface area contributed by atoms with Gasteiger partial charge in [0.2, 0.25) is 0 Å². The predicted molar refractivity (Wildman–Crippen MR) is 82.1 cm³/mol. The number of nitrogens with one attached hydrogen (secondary N) is 1. The van der Waals surface area contributed by atoms with Gasteiger partial charge in [0, 0.05) is 5.39 Å². The highest BCUT2D eigenvalue weighted by Crippen LogP contribution is 2.33. The number of pyridine rings is 1. The van der Waals surface area contributed by atoms with Gasteiger partial charge in [-0.15, -0.1) is 11.3 Å². The summed E-state index contributed by atoms with van der Waals surface area (Å²) in [5, 5.41) is 4.67. The maximum Gasteiger partial charge on any atom is 0.317 e. The summed E-state index contributed by atoms with van der Waals surface area (Å²) in [6, 6.07) is 7.21. The van der Waals surface area contributed by atoms with Crippen LogP contribution in [0.1, 0.15) is 18.4 Å². The number of hydrogen-bond donors (Lipinski definition) is 2. The molecule has 0 aliphatic heterocycles. The average molecular weight is 286 g/mol. The molecule has 2 amide bonds. The molecule has 0 unspecified atom stereocenters. The molecule has 0 saturated carbocycles. The summed E-state index contributed by atoms with van der Waals surface area (Å²) in [6.07, 6.45) is 1.95. The first-order valence-electron chi connectivity index (χ1n) is 6.43. The molecule has 6 heteroatoms. The number of aromatic nitrogens is 2. The van der Waals surface area contributed by atoms with E-state index < -0.39 is 6.03 Å². The van der Waals surface area contributed by atoms with Gasteiger partial charge in [0.25, 0.3) is 0 Å². The van der Waals surface area contributed by atoms with E-state index in [0.29, 0.717) is 5.82 Å². The van der Waals surface area contributed by atoms with Crippen LogP contribution in [0.3, 0.4) is 0 Å². The maximum atomic E-state index is 11.1. The molecule has 1 aromatic carbocycles. The van der Waals surface area contributed by atoms with Crippen LogP contribution in [0.4, 0.5) is 10.6 Å². The lowest BCUT2D eigenvalue weighted by molar-refractivity contribution is 0.259. The minimum absolute atomic E-state index is 0.435. The molecule has 0 bridgehead atoms.